The molecule has 2 heterocycles. The Labute approximate surface area is 145 Å². The molecule has 1 N–H and O–H groups in total. The lowest BCUT2D eigenvalue weighted by molar-refractivity contribution is 0.0528. The van der Waals surface area contributed by atoms with Crippen molar-refractivity contribution in [2.24, 2.45) is 0 Å². The molecular weight excluding hydrogens is 353 g/mol. The number of H-pyrrole nitrogens is 1. The Hall–Kier alpha value is -3.17. The molecule has 7 nitrogen and oxygen atoms in total. The number of nitrogens with one attached hydrogen (secondary N) is 1. The van der Waals surface area contributed by atoms with Gasteiger partial charge >= 0.3 is 0 Å². The first kappa shape index (κ1) is 17.6. The molecule has 1 aromatic carbocycles. The van der Waals surface area contributed by atoms with Crippen LogP contribution in [0.2, 0.25) is 0 Å². The van der Waals surface area contributed by atoms with Gasteiger partial charge in [0.25, 0.3) is 17.4 Å². The second-order valence-corrected chi connectivity index (χ2v) is 5.61. The van der Waals surface area contributed by atoms with E-state index in [1.165, 1.54) is 21.9 Å². The molecule has 1 saturated heterocycles. The zero-order valence-electron chi connectivity index (χ0n) is 13.3. The van der Waals surface area contributed by atoms with Gasteiger partial charge in [0.05, 0.1) is 5.56 Å². The Kier molecular flexibility index (Phi) is 4.74. The number of halogens is 3. The highest BCUT2D eigenvalue weighted by Crippen LogP contribution is 2.18. The van der Waals surface area contributed by atoms with Crippen molar-refractivity contribution < 1.29 is 22.8 Å². The molecule has 0 spiro atoms. The summed E-state index contributed by atoms with van der Waals surface area (Å²) in [5.41, 5.74) is -0.951. The van der Waals surface area contributed by atoms with E-state index in [4.69, 9.17) is 0 Å². The molecule has 10 heteroatoms. The number of hydrogen-bond acceptors (Lipinski definition) is 4. The highest BCUT2D eigenvalue weighted by molar-refractivity contribution is 5.95. The quantitative estimate of drug-likeness (QED) is 0.796. The molecule has 0 saturated carbocycles. The fourth-order valence-electron chi connectivity index (χ4n) is 2.60. The van der Waals surface area contributed by atoms with Crippen molar-refractivity contribution in [3.63, 3.8) is 0 Å². The summed E-state index contributed by atoms with van der Waals surface area (Å²) >= 11 is 0. The number of piperazine rings is 1. The zero-order valence-corrected chi connectivity index (χ0v) is 13.3. The van der Waals surface area contributed by atoms with Gasteiger partial charge in [0, 0.05) is 32.2 Å². The third-order valence-electron chi connectivity index (χ3n) is 4.02. The van der Waals surface area contributed by atoms with Crippen LogP contribution in [0.25, 0.3) is 0 Å². The van der Waals surface area contributed by atoms with Crippen molar-refractivity contribution in [2.45, 2.75) is 0 Å². The second kappa shape index (κ2) is 6.98. The maximum atomic E-state index is 13.8. The first-order chi connectivity index (χ1) is 12.4. The molecule has 3 rings (SSSR count). The molecule has 1 aliphatic rings. The van der Waals surface area contributed by atoms with Gasteiger partial charge in [-0.3, -0.25) is 14.4 Å². The third-order valence-corrected chi connectivity index (χ3v) is 4.02. The number of rotatable bonds is 2. The van der Waals surface area contributed by atoms with Crippen LogP contribution in [0.3, 0.4) is 0 Å². The lowest BCUT2D eigenvalue weighted by Crippen LogP contribution is -2.51. The Bertz CT molecular complexity index is 903. The minimum absolute atomic E-state index is 0.0519. The minimum Gasteiger partial charge on any atom is -0.335 e. The number of aromatic nitrogens is 2. The van der Waals surface area contributed by atoms with Gasteiger partial charge in [0.15, 0.2) is 17.5 Å². The second-order valence-electron chi connectivity index (χ2n) is 5.61. The van der Waals surface area contributed by atoms with Crippen LogP contribution in [0.4, 0.5) is 13.2 Å². The average Bonchev–Trinajstić information content (AvgIpc) is 2.66. The number of carbonyl (C=O) groups excluding carboxylic acids is 2. The normalized spacial score (nSPS) is 14.4. The van der Waals surface area contributed by atoms with E-state index in [1.54, 1.807) is 0 Å². The summed E-state index contributed by atoms with van der Waals surface area (Å²) in [6, 6.07) is 4.03. The Morgan fingerprint density at radius 1 is 0.885 bits per heavy atom. The van der Waals surface area contributed by atoms with Crippen molar-refractivity contribution >= 4 is 11.8 Å². The van der Waals surface area contributed by atoms with Crippen LogP contribution in [-0.4, -0.2) is 58.0 Å². The molecule has 1 fully saturated rings. The summed E-state index contributed by atoms with van der Waals surface area (Å²) in [6.07, 6.45) is 0. The summed E-state index contributed by atoms with van der Waals surface area (Å²) in [5, 5.41) is 5.81. The maximum absolute atomic E-state index is 13.8. The van der Waals surface area contributed by atoms with Crippen LogP contribution in [0.1, 0.15) is 20.8 Å². The zero-order chi connectivity index (χ0) is 18.8. The van der Waals surface area contributed by atoms with Gasteiger partial charge in [-0.2, -0.15) is 5.10 Å². The van der Waals surface area contributed by atoms with E-state index in [0.717, 1.165) is 6.07 Å². The Morgan fingerprint density at radius 2 is 1.50 bits per heavy atom. The van der Waals surface area contributed by atoms with Crippen molar-refractivity contribution in [3.8, 4) is 0 Å². The smallest absolute Gasteiger partial charge is 0.274 e. The molecule has 1 aromatic heterocycles. The number of benzene rings is 1. The number of nitrogens with zero attached hydrogens (tertiary/aromatic N) is 3. The topological polar surface area (TPSA) is 86.4 Å². The van der Waals surface area contributed by atoms with Gasteiger partial charge in [0.2, 0.25) is 0 Å². The summed E-state index contributed by atoms with van der Waals surface area (Å²) in [7, 11) is 0. The van der Waals surface area contributed by atoms with E-state index in [2.05, 4.69) is 10.2 Å². The molecular formula is C16H13F3N4O3. The van der Waals surface area contributed by atoms with E-state index < -0.39 is 40.4 Å². The molecule has 26 heavy (non-hydrogen) atoms. The molecule has 0 aliphatic carbocycles. The van der Waals surface area contributed by atoms with Crippen LogP contribution < -0.4 is 5.56 Å². The highest BCUT2D eigenvalue weighted by Gasteiger charge is 2.28. The molecule has 0 bridgehead atoms. The van der Waals surface area contributed by atoms with Crippen molar-refractivity contribution in [3.05, 3.63) is 63.3 Å². The predicted octanol–water partition coefficient (Wildman–Crippen LogP) is 0.785. The van der Waals surface area contributed by atoms with Crippen LogP contribution in [0, 0.1) is 17.5 Å². The summed E-state index contributed by atoms with van der Waals surface area (Å²) < 4.78 is 40.0. The molecule has 1 aliphatic heterocycles. The van der Waals surface area contributed by atoms with E-state index >= 15 is 0 Å². The van der Waals surface area contributed by atoms with E-state index in [1.807, 2.05) is 0 Å². The van der Waals surface area contributed by atoms with Crippen molar-refractivity contribution in [1.82, 2.24) is 20.0 Å². The fourth-order valence-corrected chi connectivity index (χ4v) is 2.60. The van der Waals surface area contributed by atoms with Gasteiger partial charge in [-0.05, 0) is 18.2 Å². The van der Waals surface area contributed by atoms with Gasteiger partial charge in [-0.25, -0.2) is 18.3 Å². The number of hydrogen-bond donors (Lipinski definition) is 1. The van der Waals surface area contributed by atoms with E-state index in [0.29, 0.717) is 6.07 Å². The molecule has 2 amide bonds. The minimum atomic E-state index is -1.70. The van der Waals surface area contributed by atoms with Crippen molar-refractivity contribution in [1.29, 1.82) is 0 Å². The maximum Gasteiger partial charge on any atom is 0.274 e. The van der Waals surface area contributed by atoms with Crippen LogP contribution in [0.15, 0.2) is 29.1 Å². The Balaban J connectivity index is 1.67. The van der Waals surface area contributed by atoms with Crippen LogP contribution in [-0.2, 0) is 0 Å². The largest absolute Gasteiger partial charge is 0.335 e. The number of carbonyl (C=O) groups is 2. The third kappa shape index (κ3) is 3.30. The summed E-state index contributed by atoms with van der Waals surface area (Å²) in [4.78, 5) is 38.2. The molecule has 2 aromatic rings. The molecule has 136 valence electrons. The standard InChI is InChI=1S/C16H13F3N4O3/c17-10-2-1-9(13(18)14(10)19)15(25)22-5-7-23(8-6-22)16(26)11-3-4-12(24)21-20-11/h1-4H,5-8H2,(H,21,24). The van der Waals surface area contributed by atoms with Crippen LogP contribution >= 0.6 is 0 Å². The summed E-state index contributed by atoms with van der Waals surface area (Å²) in [5.74, 6) is -5.81. The monoisotopic (exact) mass is 366 g/mol. The van der Waals surface area contributed by atoms with Crippen molar-refractivity contribution in [2.75, 3.05) is 26.2 Å². The van der Waals surface area contributed by atoms with Gasteiger partial charge < -0.3 is 9.80 Å². The average molecular weight is 366 g/mol. The summed E-state index contributed by atoms with van der Waals surface area (Å²) in [6.45, 7) is 0.478. The molecule has 0 radical (unpaired) electrons. The van der Waals surface area contributed by atoms with Gasteiger partial charge in [-0.15, -0.1) is 0 Å². The lowest BCUT2D eigenvalue weighted by Gasteiger charge is -2.34. The predicted molar refractivity (Wildman–Crippen MR) is 83.0 cm³/mol. The fraction of sp³-hybridized carbons (Fsp3) is 0.250. The molecule has 0 atom stereocenters. The van der Waals surface area contributed by atoms with E-state index in [-0.39, 0.29) is 31.9 Å². The lowest BCUT2D eigenvalue weighted by atomic mass is 10.1. The first-order valence-electron chi connectivity index (χ1n) is 7.66. The Morgan fingerprint density at radius 3 is 2.08 bits per heavy atom. The van der Waals surface area contributed by atoms with Gasteiger partial charge in [-0.1, -0.05) is 0 Å². The van der Waals surface area contributed by atoms with E-state index in [9.17, 15) is 27.6 Å². The number of aromatic amines is 1. The SMILES string of the molecule is O=C(c1ccc(=O)[nH]n1)N1CCN(C(=O)c2ccc(F)c(F)c2F)CC1. The first-order valence-corrected chi connectivity index (χ1v) is 7.66. The van der Waals surface area contributed by atoms with Crippen LogP contribution in [0.5, 0.6) is 0 Å². The number of amides is 2. The molecule has 0 unspecified atom stereocenters. The van der Waals surface area contributed by atoms with Gasteiger partial charge in [0.1, 0.15) is 5.69 Å². The highest BCUT2D eigenvalue weighted by atomic mass is 19.2.